The molecule has 0 unspecified atom stereocenters. The van der Waals surface area contributed by atoms with Gasteiger partial charge < -0.3 is 5.32 Å². The molecule has 154 valence electrons. The number of aromatic nitrogens is 2. The summed E-state index contributed by atoms with van der Waals surface area (Å²) in [7, 11) is -3.78. The number of anilines is 2. The fourth-order valence-electron chi connectivity index (χ4n) is 2.68. The monoisotopic (exact) mass is 439 g/mol. The highest BCUT2D eigenvalue weighted by Gasteiger charge is 2.17. The van der Waals surface area contributed by atoms with Gasteiger partial charge in [-0.05, 0) is 30.7 Å². The van der Waals surface area contributed by atoms with Crippen molar-refractivity contribution >= 4 is 33.3 Å². The van der Waals surface area contributed by atoms with Crippen molar-refractivity contribution in [3.05, 3.63) is 60.2 Å². The van der Waals surface area contributed by atoms with Gasteiger partial charge in [-0.1, -0.05) is 55.4 Å². The summed E-state index contributed by atoms with van der Waals surface area (Å²) in [5.41, 5.74) is 2.27. The van der Waals surface area contributed by atoms with Gasteiger partial charge in [0, 0.05) is 17.0 Å². The number of rotatable bonds is 8. The van der Waals surface area contributed by atoms with Crippen molar-refractivity contribution in [1.29, 1.82) is 5.26 Å². The van der Waals surface area contributed by atoms with Crippen LogP contribution in [0.2, 0.25) is 0 Å². The summed E-state index contributed by atoms with van der Waals surface area (Å²) in [6, 6.07) is 17.6. The summed E-state index contributed by atoms with van der Waals surface area (Å²) >= 11 is 1.54. The van der Waals surface area contributed by atoms with E-state index in [0.29, 0.717) is 27.9 Å². The molecule has 1 aromatic heterocycles. The van der Waals surface area contributed by atoms with Gasteiger partial charge in [0.2, 0.25) is 10.0 Å². The number of nitrogens with one attached hydrogen (secondary N) is 1. The highest BCUT2D eigenvalue weighted by molar-refractivity contribution is 7.99. The lowest BCUT2D eigenvalue weighted by Crippen LogP contribution is -2.12. The number of hydrogen-bond donors (Lipinski definition) is 2. The van der Waals surface area contributed by atoms with Gasteiger partial charge in [-0.25, -0.2) is 23.5 Å². The van der Waals surface area contributed by atoms with Crippen LogP contribution < -0.4 is 10.5 Å². The maximum atomic E-state index is 11.5. The molecule has 0 aliphatic heterocycles. The van der Waals surface area contributed by atoms with E-state index in [9.17, 15) is 13.7 Å². The Kier molecular flexibility index (Phi) is 7.05. The maximum Gasteiger partial charge on any atom is 0.238 e. The van der Waals surface area contributed by atoms with Gasteiger partial charge in [-0.2, -0.15) is 5.26 Å². The van der Waals surface area contributed by atoms with Crippen molar-refractivity contribution in [1.82, 2.24) is 9.97 Å². The summed E-state index contributed by atoms with van der Waals surface area (Å²) < 4.78 is 22.9. The van der Waals surface area contributed by atoms with Crippen LogP contribution in [0.5, 0.6) is 0 Å². The Balaban J connectivity index is 2.03. The van der Waals surface area contributed by atoms with E-state index < -0.39 is 10.0 Å². The number of sulfonamides is 1. The first-order valence-electron chi connectivity index (χ1n) is 9.32. The third-order valence-corrected chi connectivity index (χ3v) is 6.08. The van der Waals surface area contributed by atoms with E-state index in [1.807, 2.05) is 30.3 Å². The quantitative estimate of drug-likeness (QED) is 0.305. The Morgan fingerprint density at radius 2 is 1.80 bits per heavy atom. The Hall–Kier alpha value is -2.93. The van der Waals surface area contributed by atoms with Crippen LogP contribution in [0.1, 0.15) is 25.3 Å². The van der Waals surface area contributed by atoms with Crippen molar-refractivity contribution < 1.29 is 8.42 Å². The molecule has 1 heterocycles. The molecule has 3 N–H and O–H groups in total. The van der Waals surface area contributed by atoms with Crippen molar-refractivity contribution in [2.75, 3.05) is 11.1 Å². The van der Waals surface area contributed by atoms with Gasteiger partial charge in [0.05, 0.1) is 10.6 Å². The van der Waals surface area contributed by atoms with Crippen molar-refractivity contribution in [3.8, 4) is 17.3 Å². The second-order valence-corrected chi connectivity index (χ2v) is 9.08. The van der Waals surface area contributed by atoms with Gasteiger partial charge in [0.15, 0.2) is 11.0 Å². The molecule has 3 rings (SSSR count). The van der Waals surface area contributed by atoms with Crippen molar-refractivity contribution in [3.63, 3.8) is 0 Å². The van der Waals surface area contributed by atoms with Crippen LogP contribution in [0.15, 0.2) is 64.6 Å². The standard InChI is InChI=1S/C21H21N5O2S2/c1-2-3-13-29-21-25-19(15-7-5-4-6-8-15)18(14-22)20(26-21)24-16-9-11-17(12-10-16)30(23,27)28/h4-12H,2-3,13H2,1H3,(H2,23,27,28)(H,24,25,26). The van der Waals surface area contributed by atoms with Crippen LogP contribution in [-0.4, -0.2) is 24.1 Å². The first-order valence-corrected chi connectivity index (χ1v) is 11.9. The number of hydrogen-bond acceptors (Lipinski definition) is 7. The SMILES string of the molecule is CCCCSc1nc(Nc2ccc(S(N)(=O)=O)cc2)c(C#N)c(-c2ccccc2)n1. The normalized spacial score (nSPS) is 11.1. The molecule has 0 amide bonds. The Morgan fingerprint density at radius 3 is 2.40 bits per heavy atom. The summed E-state index contributed by atoms with van der Waals surface area (Å²) in [5.74, 6) is 1.24. The highest BCUT2D eigenvalue weighted by atomic mass is 32.2. The smallest absolute Gasteiger partial charge is 0.238 e. The average molecular weight is 440 g/mol. The summed E-state index contributed by atoms with van der Waals surface area (Å²) in [6.45, 7) is 2.12. The number of primary sulfonamides is 1. The van der Waals surface area contributed by atoms with Crippen molar-refractivity contribution in [2.24, 2.45) is 5.14 Å². The predicted octanol–water partition coefficient (Wildman–Crippen LogP) is 4.30. The van der Waals surface area contributed by atoms with Crippen LogP contribution in [0.25, 0.3) is 11.3 Å². The molecule has 0 aliphatic carbocycles. The minimum Gasteiger partial charge on any atom is -0.339 e. The van der Waals surface area contributed by atoms with E-state index in [4.69, 9.17) is 5.14 Å². The summed E-state index contributed by atoms with van der Waals surface area (Å²) in [5, 5.41) is 18.7. The summed E-state index contributed by atoms with van der Waals surface area (Å²) in [6.07, 6.45) is 2.10. The highest BCUT2D eigenvalue weighted by Crippen LogP contribution is 2.31. The lowest BCUT2D eigenvalue weighted by Gasteiger charge is -2.13. The van der Waals surface area contributed by atoms with E-state index in [1.54, 1.807) is 12.1 Å². The number of nitrogens with zero attached hydrogens (tertiary/aromatic N) is 3. The van der Waals surface area contributed by atoms with Crippen LogP contribution in [-0.2, 0) is 10.0 Å². The van der Waals surface area contributed by atoms with E-state index in [0.717, 1.165) is 24.2 Å². The molecule has 0 saturated heterocycles. The fraction of sp³-hybridized carbons (Fsp3) is 0.190. The number of nitriles is 1. The summed E-state index contributed by atoms with van der Waals surface area (Å²) in [4.78, 5) is 9.18. The molecule has 0 aliphatic rings. The molecule has 0 saturated carbocycles. The number of benzene rings is 2. The molecule has 0 spiro atoms. The molecule has 3 aromatic rings. The minimum absolute atomic E-state index is 0.0111. The predicted molar refractivity (Wildman–Crippen MR) is 119 cm³/mol. The second kappa shape index (κ2) is 9.71. The molecule has 0 radical (unpaired) electrons. The second-order valence-electron chi connectivity index (χ2n) is 6.45. The van der Waals surface area contributed by atoms with E-state index in [-0.39, 0.29) is 4.90 Å². The zero-order valence-electron chi connectivity index (χ0n) is 16.4. The number of thioether (sulfide) groups is 1. The van der Waals surface area contributed by atoms with Crippen LogP contribution in [0.3, 0.4) is 0 Å². The van der Waals surface area contributed by atoms with Crippen molar-refractivity contribution in [2.45, 2.75) is 29.8 Å². The lowest BCUT2D eigenvalue weighted by molar-refractivity contribution is 0.598. The zero-order chi connectivity index (χ0) is 21.6. The Bertz CT molecular complexity index is 1160. The molecule has 30 heavy (non-hydrogen) atoms. The van der Waals surface area contributed by atoms with Gasteiger partial charge in [-0.15, -0.1) is 0 Å². The molecule has 9 heteroatoms. The lowest BCUT2D eigenvalue weighted by atomic mass is 10.1. The largest absolute Gasteiger partial charge is 0.339 e. The van der Waals surface area contributed by atoms with Crippen LogP contribution in [0.4, 0.5) is 11.5 Å². The average Bonchev–Trinajstić information content (AvgIpc) is 2.74. The van der Waals surface area contributed by atoms with Gasteiger partial charge in [0.25, 0.3) is 0 Å². The van der Waals surface area contributed by atoms with Crippen LogP contribution in [0, 0.1) is 11.3 Å². The third-order valence-electron chi connectivity index (χ3n) is 4.22. The van der Waals surface area contributed by atoms with E-state index in [1.165, 1.54) is 23.9 Å². The molecule has 2 aromatic carbocycles. The zero-order valence-corrected chi connectivity index (χ0v) is 18.0. The molecular weight excluding hydrogens is 418 g/mol. The maximum absolute atomic E-state index is 11.5. The topological polar surface area (TPSA) is 122 Å². The Morgan fingerprint density at radius 1 is 1.10 bits per heavy atom. The molecule has 0 bridgehead atoms. The number of unbranched alkanes of at least 4 members (excludes halogenated alkanes) is 1. The number of nitrogens with two attached hydrogens (primary N) is 1. The first-order chi connectivity index (χ1) is 14.4. The van der Waals surface area contributed by atoms with Gasteiger partial charge in [-0.3, -0.25) is 0 Å². The van der Waals surface area contributed by atoms with Gasteiger partial charge in [0.1, 0.15) is 11.6 Å². The molecule has 0 atom stereocenters. The Labute approximate surface area is 180 Å². The fourth-order valence-corrected chi connectivity index (χ4v) is 4.12. The van der Waals surface area contributed by atoms with Gasteiger partial charge >= 0.3 is 0 Å². The van der Waals surface area contributed by atoms with E-state index in [2.05, 4.69) is 28.3 Å². The van der Waals surface area contributed by atoms with Crippen LogP contribution >= 0.6 is 11.8 Å². The molecule has 0 fully saturated rings. The molecular formula is C21H21N5O2S2. The third kappa shape index (κ3) is 5.36. The van der Waals surface area contributed by atoms with E-state index >= 15 is 0 Å². The molecule has 7 nitrogen and oxygen atoms in total. The first kappa shape index (κ1) is 21.8. The minimum atomic E-state index is -3.78.